The third-order valence-corrected chi connectivity index (χ3v) is 5.10. The molecule has 2 atom stereocenters. The molecule has 0 spiro atoms. The summed E-state index contributed by atoms with van der Waals surface area (Å²) in [5.74, 6) is 0.127. The second-order valence-electron chi connectivity index (χ2n) is 7.01. The number of ether oxygens (including phenoxy) is 1. The average molecular weight is 438 g/mol. The molecule has 0 aliphatic carbocycles. The maximum Gasteiger partial charge on any atom is 0.416 e. The van der Waals surface area contributed by atoms with E-state index in [1.165, 1.54) is 0 Å². The van der Waals surface area contributed by atoms with E-state index in [0.29, 0.717) is 30.2 Å². The normalized spacial score (nSPS) is 20.2. The van der Waals surface area contributed by atoms with Crippen LogP contribution < -0.4 is 5.32 Å². The summed E-state index contributed by atoms with van der Waals surface area (Å²) in [5.41, 5.74) is -1.84. The van der Waals surface area contributed by atoms with Crippen LogP contribution in [0.4, 0.5) is 26.3 Å². The number of nitrogens with one attached hydrogen (secondary N) is 1. The summed E-state index contributed by atoms with van der Waals surface area (Å²) in [5, 5.41) is 3.82. The van der Waals surface area contributed by atoms with Gasteiger partial charge in [-0.3, -0.25) is 0 Å². The molecule has 0 saturated carbocycles. The van der Waals surface area contributed by atoms with Gasteiger partial charge in [-0.05, 0) is 41.5 Å². The summed E-state index contributed by atoms with van der Waals surface area (Å²) in [6.07, 6.45) is -9.74. The fraction of sp³-hybridized carbons (Fsp3) is 0.400. The van der Waals surface area contributed by atoms with Crippen molar-refractivity contribution in [2.24, 2.45) is 5.92 Å². The van der Waals surface area contributed by atoms with Crippen LogP contribution in [-0.2, 0) is 23.7 Å². The van der Waals surface area contributed by atoms with E-state index < -0.39 is 23.5 Å². The number of hydrogen-bond acceptors (Lipinski definition) is 2. The number of alkyl halides is 6. The maximum atomic E-state index is 12.9. The molecule has 3 rings (SSSR count). The third kappa shape index (κ3) is 5.65. The molecular formula is C20H18ClF6NO. The van der Waals surface area contributed by atoms with Crippen LogP contribution in [0, 0.1) is 5.92 Å². The van der Waals surface area contributed by atoms with Crippen molar-refractivity contribution in [3.8, 4) is 0 Å². The highest BCUT2D eigenvalue weighted by Crippen LogP contribution is 2.36. The maximum absolute atomic E-state index is 12.9. The zero-order valence-corrected chi connectivity index (χ0v) is 15.8. The molecule has 1 aliphatic heterocycles. The van der Waals surface area contributed by atoms with Crippen molar-refractivity contribution < 1.29 is 31.1 Å². The Labute approximate surface area is 168 Å². The van der Waals surface area contributed by atoms with Gasteiger partial charge in [0.25, 0.3) is 0 Å². The molecule has 0 radical (unpaired) electrons. The van der Waals surface area contributed by atoms with Crippen molar-refractivity contribution in [3.63, 3.8) is 0 Å². The Bertz CT molecular complexity index is 819. The minimum Gasteiger partial charge on any atom is -0.376 e. The van der Waals surface area contributed by atoms with E-state index in [4.69, 9.17) is 16.3 Å². The highest BCUT2D eigenvalue weighted by atomic mass is 35.5. The molecule has 1 aliphatic rings. The highest BCUT2D eigenvalue weighted by molar-refractivity contribution is 6.30. The van der Waals surface area contributed by atoms with Crippen LogP contribution in [0.15, 0.2) is 42.5 Å². The molecule has 9 heteroatoms. The van der Waals surface area contributed by atoms with Gasteiger partial charge in [-0.1, -0.05) is 23.7 Å². The molecule has 2 aromatic carbocycles. The van der Waals surface area contributed by atoms with E-state index in [-0.39, 0.29) is 36.7 Å². The van der Waals surface area contributed by atoms with Crippen molar-refractivity contribution in [2.75, 3.05) is 19.7 Å². The molecule has 1 heterocycles. The van der Waals surface area contributed by atoms with Crippen molar-refractivity contribution >= 4 is 11.6 Å². The van der Waals surface area contributed by atoms with Crippen molar-refractivity contribution in [2.45, 2.75) is 24.9 Å². The first-order valence-electron chi connectivity index (χ1n) is 8.86. The van der Waals surface area contributed by atoms with Crippen LogP contribution in [0.25, 0.3) is 0 Å². The first-order valence-corrected chi connectivity index (χ1v) is 9.24. The van der Waals surface area contributed by atoms with E-state index >= 15 is 0 Å². The van der Waals surface area contributed by atoms with Gasteiger partial charge in [-0.25, -0.2) is 0 Å². The van der Waals surface area contributed by atoms with Gasteiger partial charge in [-0.15, -0.1) is 0 Å². The van der Waals surface area contributed by atoms with Crippen molar-refractivity contribution in [1.29, 1.82) is 0 Å². The Morgan fingerprint density at radius 1 is 0.931 bits per heavy atom. The van der Waals surface area contributed by atoms with E-state index in [9.17, 15) is 26.3 Å². The number of benzene rings is 2. The van der Waals surface area contributed by atoms with Gasteiger partial charge in [0.1, 0.15) is 0 Å². The fourth-order valence-corrected chi connectivity index (χ4v) is 3.67. The van der Waals surface area contributed by atoms with Crippen LogP contribution >= 0.6 is 11.6 Å². The zero-order chi connectivity index (χ0) is 21.2. The summed E-state index contributed by atoms with van der Waals surface area (Å²) in [4.78, 5) is 0. The molecule has 2 unspecified atom stereocenters. The minimum atomic E-state index is -4.87. The number of rotatable bonds is 5. The third-order valence-electron chi connectivity index (χ3n) is 4.86. The van der Waals surface area contributed by atoms with Gasteiger partial charge in [0.05, 0.1) is 24.3 Å². The molecule has 1 N–H and O–H groups in total. The highest BCUT2D eigenvalue weighted by Gasteiger charge is 2.37. The molecule has 0 amide bonds. The molecule has 0 bridgehead atoms. The number of halogens is 7. The van der Waals surface area contributed by atoms with Crippen LogP contribution in [0.1, 0.15) is 28.2 Å². The SMILES string of the molecule is FC(F)(F)c1cc(COCC2CNCC2c2cccc(Cl)c2)cc(C(F)(F)F)c1. The van der Waals surface area contributed by atoms with Gasteiger partial charge in [0.2, 0.25) is 0 Å². The molecule has 29 heavy (non-hydrogen) atoms. The number of hydrogen-bond donors (Lipinski definition) is 1. The predicted octanol–water partition coefficient (Wildman–Crippen LogP) is 5.90. The summed E-state index contributed by atoms with van der Waals surface area (Å²) < 4.78 is 83.2. The van der Waals surface area contributed by atoms with E-state index in [2.05, 4.69) is 5.32 Å². The molecule has 1 fully saturated rings. The Balaban J connectivity index is 1.69. The van der Waals surface area contributed by atoms with Crippen LogP contribution in [0.5, 0.6) is 0 Å². The summed E-state index contributed by atoms with van der Waals surface area (Å²) in [6.45, 7) is 1.18. The lowest BCUT2D eigenvalue weighted by molar-refractivity contribution is -0.143. The topological polar surface area (TPSA) is 21.3 Å². The summed E-state index contributed by atoms with van der Waals surface area (Å²) >= 11 is 6.02. The Morgan fingerprint density at radius 3 is 2.17 bits per heavy atom. The molecule has 2 aromatic rings. The lowest BCUT2D eigenvalue weighted by atomic mass is 9.89. The fourth-order valence-electron chi connectivity index (χ4n) is 3.47. The second-order valence-corrected chi connectivity index (χ2v) is 7.45. The molecule has 2 nitrogen and oxygen atoms in total. The van der Waals surface area contributed by atoms with E-state index in [1.807, 2.05) is 18.2 Å². The lowest BCUT2D eigenvalue weighted by Crippen LogP contribution is -2.18. The standard InChI is InChI=1S/C20H18ClF6NO/c21-17-3-1-2-13(6-17)18-9-28-8-14(18)11-29-10-12-4-15(19(22,23)24)7-16(5-12)20(25,26)27/h1-7,14,18,28H,8-11H2. The van der Waals surface area contributed by atoms with Gasteiger partial charge >= 0.3 is 12.4 Å². The largest absolute Gasteiger partial charge is 0.416 e. The predicted molar refractivity (Wildman–Crippen MR) is 96.7 cm³/mol. The Hall–Kier alpha value is -1.77. The van der Waals surface area contributed by atoms with Gasteiger partial charge in [0, 0.05) is 29.9 Å². The lowest BCUT2D eigenvalue weighted by Gasteiger charge is -2.20. The molecule has 1 saturated heterocycles. The second kappa shape index (κ2) is 8.53. The zero-order valence-electron chi connectivity index (χ0n) is 15.1. The van der Waals surface area contributed by atoms with Crippen molar-refractivity contribution in [1.82, 2.24) is 5.32 Å². The van der Waals surface area contributed by atoms with Gasteiger partial charge in [-0.2, -0.15) is 26.3 Å². The summed E-state index contributed by atoms with van der Waals surface area (Å²) in [7, 11) is 0. The van der Waals surface area contributed by atoms with Gasteiger partial charge < -0.3 is 10.1 Å². The van der Waals surface area contributed by atoms with Gasteiger partial charge in [0.15, 0.2) is 0 Å². The first-order chi connectivity index (χ1) is 13.5. The Kier molecular flexibility index (Phi) is 6.45. The van der Waals surface area contributed by atoms with Crippen LogP contribution in [0.3, 0.4) is 0 Å². The van der Waals surface area contributed by atoms with E-state index in [0.717, 1.165) is 5.56 Å². The Morgan fingerprint density at radius 2 is 1.59 bits per heavy atom. The van der Waals surface area contributed by atoms with E-state index in [1.54, 1.807) is 6.07 Å². The van der Waals surface area contributed by atoms with Crippen LogP contribution in [-0.4, -0.2) is 19.7 Å². The molecule has 158 valence electrons. The van der Waals surface area contributed by atoms with Crippen molar-refractivity contribution in [3.05, 3.63) is 69.7 Å². The quantitative estimate of drug-likeness (QED) is 0.588. The average Bonchev–Trinajstić information content (AvgIpc) is 3.08. The molecular weight excluding hydrogens is 420 g/mol. The van der Waals surface area contributed by atoms with Crippen LogP contribution in [0.2, 0.25) is 5.02 Å². The summed E-state index contributed by atoms with van der Waals surface area (Å²) in [6, 6.07) is 8.85. The smallest absolute Gasteiger partial charge is 0.376 e. The monoisotopic (exact) mass is 437 g/mol. The first kappa shape index (κ1) is 21.9. The minimum absolute atomic E-state index is 0.0290. The molecule has 0 aromatic heterocycles.